The number of rotatable bonds is 7. The third-order valence-electron chi connectivity index (χ3n) is 4.75. The quantitative estimate of drug-likeness (QED) is 0.618. The van der Waals surface area contributed by atoms with E-state index in [9.17, 15) is 4.79 Å². The molecule has 0 saturated heterocycles. The molecule has 5 heteroatoms. The van der Waals surface area contributed by atoms with Gasteiger partial charge in [0.25, 0.3) is 0 Å². The molecule has 1 unspecified atom stereocenters. The second-order valence-electron chi connectivity index (χ2n) is 6.87. The van der Waals surface area contributed by atoms with E-state index in [1.807, 2.05) is 18.2 Å². The second-order valence-corrected chi connectivity index (χ2v) is 7.72. The average molecular weight is 432 g/mol. The lowest BCUT2D eigenvalue weighted by molar-refractivity contribution is -0.122. The van der Waals surface area contributed by atoms with E-state index in [0.29, 0.717) is 26.1 Å². The predicted octanol–water partition coefficient (Wildman–Crippen LogP) is 5.12. The smallest absolute Gasteiger partial charge is 0.220 e. The van der Waals surface area contributed by atoms with E-state index in [4.69, 9.17) is 9.47 Å². The van der Waals surface area contributed by atoms with E-state index in [2.05, 4.69) is 53.3 Å². The first kappa shape index (κ1) is 19.7. The third kappa shape index (κ3) is 5.25. The zero-order valence-electron chi connectivity index (χ0n) is 15.9. The monoisotopic (exact) mass is 431 g/mol. The van der Waals surface area contributed by atoms with Crippen LogP contribution in [0.15, 0.2) is 40.9 Å². The highest BCUT2D eigenvalue weighted by molar-refractivity contribution is 9.10. The highest BCUT2D eigenvalue weighted by Gasteiger charge is 2.22. The van der Waals surface area contributed by atoms with Crippen molar-refractivity contribution < 1.29 is 14.3 Å². The maximum absolute atomic E-state index is 12.4. The van der Waals surface area contributed by atoms with Gasteiger partial charge in [0.15, 0.2) is 0 Å². The zero-order valence-corrected chi connectivity index (χ0v) is 17.5. The van der Waals surface area contributed by atoms with Gasteiger partial charge in [-0.05, 0) is 59.5 Å². The molecule has 0 saturated carbocycles. The van der Waals surface area contributed by atoms with Crippen molar-refractivity contribution in [1.29, 1.82) is 0 Å². The Morgan fingerprint density at radius 3 is 2.93 bits per heavy atom. The van der Waals surface area contributed by atoms with E-state index in [0.717, 1.165) is 34.4 Å². The molecule has 0 aromatic heterocycles. The molecule has 1 amide bonds. The summed E-state index contributed by atoms with van der Waals surface area (Å²) in [6.07, 6.45) is 2.92. The largest absolute Gasteiger partial charge is 0.493 e. The Kier molecular flexibility index (Phi) is 6.78. The fourth-order valence-corrected chi connectivity index (χ4v) is 3.77. The Morgan fingerprint density at radius 2 is 2.15 bits per heavy atom. The van der Waals surface area contributed by atoms with Crippen LogP contribution in [0, 0.1) is 6.92 Å². The normalized spacial score (nSPS) is 15.6. The highest BCUT2D eigenvalue weighted by Crippen LogP contribution is 2.32. The van der Waals surface area contributed by atoms with Crippen LogP contribution in [0.1, 0.15) is 48.9 Å². The van der Waals surface area contributed by atoms with Gasteiger partial charge in [-0.3, -0.25) is 4.79 Å². The van der Waals surface area contributed by atoms with Crippen LogP contribution in [0.25, 0.3) is 0 Å². The Bertz CT molecular complexity index is 806. The van der Waals surface area contributed by atoms with Crippen molar-refractivity contribution in [1.82, 2.24) is 5.32 Å². The van der Waals surface area contributed by atoms with Crippen molar-refractivity contribution in [3.63, 3.8) is 0 Å². The Hall–Kier alpha value is -2.01. The molecule has 1 N–H and O–H groups in total. The average Bonchev–Trinajstić information content (AvgIpc) is 2.66. The molecule has 0 aliphatic carbocycles. The minimum Gasteiger partial charge on any atom is -0.493 e. The van der Waals surface area contributed by atoms with Gasteiger partial charge in [0.1, 0.15) is 11.5 Å². The molecule has 1 aliphatic heterocycles. The molecule has 0 radical (unpaired) electrons. The first-order valence-electron chi connectivity index (χ1n) is 9.50. The molecular weight excluding hydrogens is 406 g/mol. The summed E-state index contributed by atoms with van der Waals surface area (Å²) in [7, 11) is 0. The van der Waals surface area contributed by atoms with E-state index >= 15 is 0 Å². The molecule has 4 nitrogen and oxygen atoms in total. The Morgan fingerprint density at radius 1 is 1.30 bits per heavy atom. The number of hydrogen-bond donors (Lipinski definition) is 1. The molecule has 144 valence electrons. The van der Waals surface area contributed by atoms with Crippen molar-refractivity contribution in [3.05, 3.63) is 57.6 Å². The van der Waals surface area contributed by atoms with Crippen molar-refractivity contribution in [3.8, 4) is 11.5 Å². The lowest BCUT2D eigenvalue weighted by Gasteiger charge is -2.27. The summed E-state index contributed by atoms with van der Waals surface area (Å²) in [4.78, 5) is 12.4. The van der Waals surface area contributed by atoms with Gasteiger partial charge in [0, 0.05) is 18.4 Å². The summed E-state index contributed by atoms with van der Waals surface area (Å²) in [6.45, 7) is 5.32. The van der Waals surface area contributed by atoms with Gasteiger partial charge in [0.2, 0.25) is 5.91 Å². The van der Waals surface area contributed by atoms with Crippen LogP contribution in [0.2, 0.25) is 0 Å². The lowest BCUT2D eigenvalue weighted by atomic mass is 9.98. The number of nitrogens with one attached hydrogen (secondary N) is 1. The number of amides is 1. The fraction of sp³-hybridized carbons (Fsp3) is 0.409. The van der Waals surface area contributed by atoms with Gasteiger partial charge in [-0.1, -0.05) is 30.7 Å². The van der Waals surface area contributed by atoms with E-state index in [1.165, 1.54) is 11.1 Å². The summed E-state index contributed by atoms with van der Waals surface area (Å²) in [5.41, 5.74) is 3.51. The summed E-state index contributed by atoms with van der Waals surface area (Å²) in [5, 5.41) is 3.14. The van der Waals surface area contributed by atoms with Gasteiger partial charge in [-0.25, -0.2) is 0 Å². The minimum absolute atomic E-state index is 0.0257. The molecule has 1 atom stereocenters. The number of aryl methyl sites for hydroxylation is 2. The summed E-state index contributed by atoms with van der Waals surface area (Å²) >= 11 is 3.54. The topological polar surface area (TPSA) is 47.6 Å². The lowest BCUT2D eigenvalue weighted by Crippen LogP contribution is -2.32. The molecule has 1 heterocycles. The fourth-order valence-electron chi connectivity index (χ4n) is 3.23. The summed E-state index contributed by atoms with van der Waals surface area (Å²) in [5.74, 6) is 1.75. The number of ether oxygens (including phenoxy) is 2. The number of halogens is 1. The van der Waals surface area contributed by atoms with Gasteiger partial charge in [-0.15, -0.1) is 0 Å². The number of fused-ring (bicyclic) bond motifs is 1. The standard InChI is InChI=1S/C22H26BrNO3/c1-3-16-7-9-21(18(23)14-16)26-11-4-5-22(25)24-19-10-12-27-20-8-6-15(2)13-17(19)20/h6-9,13-14,19H,3-5,10-12H2,1-2H3,(H,24,25). The maximum Gasteiger partial charge on any atom is 0.220 e. The Labute approximate surface area is 169 Å². The van der Waals surface area contributed by atoms with Crippen molar-refractivity contribution in [2.75, 3.05) is 13.2 Å². The number of hydrogen-bond acceptors (Lipinski definition) is 3. The molecule has 3 rings (SSSR count). The first-order chi connectivity index (χ1) is 13.1. The van der Waals surface area contributed by atoms with Crippen molar-refractivity contribution in [2.24, 2.45) is 0 Å². The molecular formula is C22H26BrNO3. The van der Waals surface area contributed by atoms with Crippen LogP contribution in [-0.2, 0) is 11.2 Å². The third-order valence-corrected chi connectivity index (χ3v) is 5.37. The number of benzene rings is 2. The van der Waals surface area contributed by atoms with E-state index in [1.54, 1.807) is 0 Å². The van der Waals surface area contributed by atoms with E-state index < -0.39 is 0 Å². The van der Waals surface area contributed by atoms with Crippen LogP contribution in [-0.4, -0.2) is 19.1 Å². The molecule has 0 fully saturated rings. The van der Waals surface area contributed by atoms with Gasteiger partial charge in [0.05, 0.1) is 23.7 Å². The predicted molar refractivity (Wildman–Crippen MR) is 110 cm³/mol. The number of carbonyl (C=O) groups is 1. The van der Waals surface area contributed by atoms with Crippen LogP contribution in [0.4, 0.5) is 0 Å². The molecule has 0 bridgehead atoms. The molecule has 1 aliphatic rings. The molecule has 2 aromatic carbocycles. The summed E-state index contributed by atoms with van der Waals surface area (Å²) in [6, 6.07) is 12.3. The highest BCUT2D eigenvalue weighted by atomic mass is 79.9. The first-order valence-corrected chi connectivity index (χ1v) is 10.3. The summed E-state index contributed by atoms with van der Waals surface area (Å²) < 4.78 is 12.5. The molecule has 0 spiro atoms. The molecule has 2 aromatic rings. The van der Waals surface area contributed by atoms with Gasteiger partial charge in [-0.2, -0.15) is 0 Å². The van der Waals surface area contributed by atoms with Gasteiger partial charge >= 0.3 is 0 Å². The van der Waals surface area contributed by atoms with Gasteiger partial charge < -0.3 is 14.8 Å². The maximum atomic E-state index is 12.4. The second kappa shape index (κ2) is 9.27. The van der Waals surface area contributed by atoms with Crippen LogP contribution >= 0.6 is 15.9 Å². The molecule has 27 heavy (non-hydrogen) atoms. The number of carbonyl (C=O) groups excluding carboxylic acids is 1. The zero-order chi connectivity index (χ0) is 19.2. The van der Waals surface area contributed by atoms with Crippen LogP contribution in [0.3, 0.4) is 0 Å². The van der Waals surface area contributed by atoms with Crippen LogP contribution < -0.4 is 14.8 Å². The minimum atomic E-state index is 0.0257. The van der Waals surface area contributed by atoms with Crippen molar-refractivity contribution in [2.45, 2.75) is 45.6 Å². The SMILES string of the molecule is CCc1ccc(OCCCC(=O)NC2CCOc3ccc(C)cc32)c(Br)c1. The van der Waals surface area contributed by atoms with E-state index in [-0.39, 0.29) is 11.9 Å². The van der Waals surface area contributed by atoms with Crippen molar-refractivity contribution >= 4 is 21.8 Å². The Balaban J connectivity index is 1.46. The van der Waals surface area contributed by atoms with Crippen LogP contribution in [0.5, 0.6) is 11.5 Å².